The van der Waals surface area contributed by atoms with Crippen molar-refractivity contribution >= 4 is 28.6 Å². The van der Waals surface area contributed by atoms with Crippen LogP contribution < -0.4 is 15.5 Å². The van der Waals surface area contributed by atoms with E-state index in [2.05, 4.69) is 15.3 Å². The monoisotopic (exact) mass is 441 g/mol. The molecule has 1 fully saturated rings. The number of carbonyl (C=O) groups excluding carboxylic acids is 1. The summed E-state index contributed by atoms with van der Waals surface area (Å²) in [7, 11) is 0. The lowest BCUT2D eigenvalue weighted by atomic mass is 10.1. The molecule has 2 aromatic heterocycles. The van der Waals surface area contributed by atoms with Crippen LogP contribution in [-0.4, -0.2) is 35.3 Å². The molecular formula is C19H16F5N5O2. The largest absolute Gasteiger partial charge is 0.455 e. The van der Waals surface area contributed by atoms with Crippen LogP contribution in [0.5, 0.6) is 0 Å². The zero-order chi connectivity index (χ0) is 22.3. The number of benzene rings is 1. The molecule has 3 heterocycles. The van der Waals surface area contributed by atoms with Gasteiger partial charge in [0, 0.05) is 30.1 Å². The number of hydrogen-bond donors (Lipinski definition) is 2. The third kappa shape index (κ3) is 4.09. The van der Waals surface area contributed by atoms with Gasteiger partial charge < -0.3 is 20.0 Å². The van der Waals surface area contributed by atoms with Crippen molar-refractivity contribution in [2.24, 2.45) is 0 Å². The van der Waals surface area contributed by atoms with E-state index in [1.165, 1.54) is 19.3 Å². The minimum Gasteiger partial charge on any atom is -0.455 e. The van der Waals surface area contributed by atoms with E-state index in [4.69, 9.17) is 4.42 Å². The molecule has 1 saturated heterocycles. The molecule has 1 aliphatic rings. The maximum Gasteiger partial charge on any atom is 0.416 e. The van der Waals surface area contributed by atoms with Gasteiger partial charge in [0.05, 0.1) is 18.1 Å². The summed E-state index contributed by atoms with van der Waals surface area (Å²) < 4.78 is 73.5. The number of halogens is 5. The summed E-state index contributed by atoms with van der Waals surface area (Å²) in [4.78, 5) is 22.2. The van der Waals surface area contributed by atoms with Crippen molar-refractivity contribution in [2.45, 2.75) is 25.6 Å². The molecule has 0 saturated carbocycles. The Balaban J connectivity index is 1.56. The highest BCUT2D eigenvalue weighted by Gasteiger charge is 2.45. The van der Waals surface area contributed by atoms with E-state index >= 15 is 0 Å². The Hall–Kier alpha value is -3.44. The number of nitrogens with zero attached hydrogens (tertiary/aromatic N) is 3. The fourth-order valence-corrected chi connectivity index (χ4v) is 3.20. The molecule has 0 radical (unpaired) electrons. The minimum atomic E-state index is -4.97. The van der Waals surface area contributed by atoms with E-state index in [1.54, 1.807) is 5.32 Å². The number of urea groups is 1. The molecule has 0 unspecified atom stereocenters. The Morgan fingerprint density at radius 2 is 1.87 bits per heavy atom. The van der Waals surface area contributed by atoms with Gasteiger partial charge in [0.25, 0.3) is 0 Å². The Kier molecular flexibility index (Phi) is 5.15. The summed E-state index contributed by atoms with van der Waals surface area (Å²) in [5.74, 6) is -2.39. The molecule has 164 valence electrons. The Labute approximate surface area is 172 Å². The molecule has 4 rings (SSSR count). The van der Waals surface area contributed by atoms with Crippen LogP contribution in [0.3, 0.4) is 0 Å². The van der Waals surface area contributed by atoms with Crippen LogP contribution in [0.1, 0.15) is 23.8 Å². The van der Waals surface area contributed by atoms with Gasteiger partial charge in [-0.3, -0.25) is 0 Å². The highest BCUT2D eigenvalue weighted by molar-refractivity contribution is 5.89. The van der Waals surface area contributed by atoms with Gasteiger partial charge in [0.2, 0.25) is 5.95 Å². The Morgan fingerprint density at radius 1 is 1.19 bits per heavy atom. The van der Waals surface area contributed by atoms with Crippen LogP contribution in [0.4, 0.5) is 38.4 Å². The molecule has 0 bridgehead atoms. The van der Waals surface area contributed by atoms with Gasteiger partial charge in [-0.15, -0.1) is 0 Å². The summed E-state index contributed by atoms with van der Waals surface area (Å²) in [6.07, 6.45) is -1.41. The Morgan fingerprint density at radius 3 is 2.45 bits per heavy atom. The summed E-state index contributed by atoms with van der Waals surface area (Å²) in [5, 5.41) is 3.83. The molecule has 1 aromatic carbocycles. The van der Waals surface area contributed by atoms with Crippen LogP contribution in [0.25, 0.3) is 11.0 Å². The number of nitrogens with one attached hydrogen (secondary N) is 2. The zero-order valence-electron chi connectivity index (χ0n) is 16.1. The van der Waals surface area contributed by atoms with E-state index in [-0.39, 0.29) is 16.6 Å². The topological polar surface area (TPSA) is 83.3 Å². The van der Waals surface area contributed by atoms with Crippen molar-refractivity contribution in [1.29, 1.82) is 0 Å². The number of hydrogen-bond acceptors (Lipinski definition) is 5. The SMILES string of the molecule is Cc1c([C@H](NC(=O)Nc2cnc(N3CCC3)nc2)C(F)(F)F)oc2c(F)cc(F)cc12. The van der Waals surface area contributed by atoms with Crippen LogP contribution in [0.15, 0.2) is 28.9 Å². The highest BCUT2D eigenvalue weighted by Crippen LogP contribution is 2.39. The van der Waals surface area contributed by atoms with Crippen molar-refractivity contribution in [1.82, 2.24) is 15.3 Å². The number of rotatable bonds is 4. The van der Waals surface area contributed by atoms with Crippen molar-refractivity contribution in [3.05, 3.63) is 47.5 Å². The number of anilines is 2. The Bertz CT molecular complexity index is 1130. The number of aromatic nitrogens is 2. The van der Waals surface area contributed by atoms with E-state index in [0.717, 1.165) is 25.6 Å². The molecule has 0 aliphatic carbocycles. The number of amides is 2. The second kappa shape index (κ2) is 7.67. The number of carbonyl (C=O) groups is 1. The van der Waals surface area contributed by atoms with E-state index in [1.807, 2.05) is 4.90 Å². The van der Waals surface area contributed by atoms with E-state index < -0.39 is 41.2 Å². The highest BCUT2D eigenvalue weighted by atomic mass is 19.4. The van der Waals surface area contributed by atoms with Crippen molar-refractivity contribution in [3.63, 3.8) is 0 Å². The smallest absolute Gasteiger partial charge is 0.416 e. The lowest BCUT2D eigenvalue weighted by molar-refractivity contribution is -0.158. The van der Waals surface area contributed by atoms with E-state index in [9.17, 15) is 26.7 Å². The molecule has 7 nitrogen and oxygen atoms in total. The number of alkyl halides is 3. The van der Waals surface area contributed by atoms with Gasteiger partial charge in [-0.1, -0.05) is 0 Å². The van der Waals surface area contributed by atoms with Gasteiger partial charge in [0.1, 0.15) is 11.6 Å². The van der Waals surface area contributed by atoms with Crippen LogP contribution in [0.2, 0.25) is 0 Å². The first-order valence-electron chi connectivity index (χ1n) is 9.23. The maximum absolute atomic E-state index is 13.9. The summed E-state index contributed by atoms with van der Waals surface area (Å²) in [6, 6.07) is -2.43. The first kappa shape index (κ1) is 20.8. The summed E-state index contributed by atoms with van der Waals surface area (Å²) in [6.45, 7) is 2.84. The predicted molar refractivity (Wildman–Crippen MR) is 101 cm³/mol. The van der Waals surface area contributed by atoms with Crippen LogP contribution >= 0.6 is 0 Å². The summed E-state index contributed by atoms with van der Waals surface area (Å²) in [5.41, 5.74) is -0.587. The average molecular weight is 441 g/mol. The quantitative estimate of drug-likeness (QED) is 0.585. The molecule has 1 aliphatic heterocycles. The lowest BCUT2D eigenvalue weighted by Crippen LogP contribution is -2.40. The number of fused-ring (bicyclic) bond motifs is 1. The predicted octanol–water partition coefficient (Wildman–Crippen LogP) is 4.44. The van der Waals surface area contributed by atoms with Crippen LogP contribution in [0, 0.1) is 18.6 Å². The normalized spacial score (nSPS) is 15.0. The molecule has 12 heteroatoms. The first-order chi connectivity index (χ1) is 14.6. The molecule has 0 spiro atoms. The lowest BCUT2D eigenvalue weighted by Gasteiger charge is -2.30. The molecule has 3 aromatic rings. The number of furan rings is 1. The fourth-order valence-electron chi connectivity index (χ4n) is 3.20. The van der Waals surface area contributed by atoms with Crippen molar-refractivity contribution in [2.75, 3.05) is 23.3 Å². The summed E-state index contributed by atoms with van der Waals surface area (Å²) >= 11 is 0. The molecular weight excluding hydrogens is 425 g/mol. The standard InChI is InChI=1S/C19H16F5N5O2/c1-9-12-5-10(20)6-13(21)15(12)31-14(9)16(19(22,23)24)28-18(30)27-11-7-25-17(26-8-11)29-3-2-4-29/h5-8,16H,2-4H2,1H3,(H2,27,28,30)/t16-/m0/s1. The van der Waals surface area contributed by atoms with Crippen molar-refractivity contribution < 1.29 is 31.2 Å². The average Bonchev–Trinajstić information content (AvgIpc) is 2.96. The second-order valence-electron chi connectivity index (χ2n) is 7.04. The van der Waals surface area contributed by atoms with E-state index in [0.29, 0.717) is 12.0 Å². The molecule has 2 amide bonds. The first-order valence-corrected chi connectivity index (χ1v) is 9.23. The van der Waals surface area contributed by atoms with Crippen molar-refractivity contribution in [3.8, 4) is 0 Å². The molecule has 2 N–H and O–H groups in total. The third-order valence-corrected chi connectivity index (χ3v) is 4.89. The maximum atomic E-state index is 13.9. The fraction of sp³-hybridized carbons (Fsp3) is 0.316. The second-order valence-corrected chi connectivity index (χ2v) is 7.04. The van der Waals surface area contributed by atoms with Gasteiger partial charge in [-0.2, -0.15) is 13.2 Å². The zero-order valence-corrected chi connectivity index (χ0v) is 16.1. The van der Waals surface area contributed by atoms with Gasteiger partial charge >= 0.3 is 12.2 Å². The minimum absolute atomic E-state index is 0.0807. The van der Waals surface area contributed by atoms with Crippen LogP contribution in [-0.2, 0) is 0 Å². The molecule has 31 heavy (non-hydrogen) atoms. The number of aryl methyl sites for hydroxylation is 1. The van der Waals surface area contributed by atoms with Gasteiger partial charge in [-0.25, -0.2) is 23.5 Å². The van der Waals surface area contributed by atoms with Gasteiger partial charge in [0.15, 0.2) is 17.4 Å². The third-order valence-electron chi connectivity index (χ3n) is 4.89. The van der Waals surface area contributed by atoms with Gasteiger partial charge in [-0.05, 0) is 19.4 Å². The molecule has 1 atom stereocenters.